The van der Waals surface area contributed by atoms with Crippen molar-refractivity contribution in [2.24, 2.45) is 5.92 Å². The van der Waals surface area contributed by atoms with Crippen molar-refractivity contribution in [2.45, 2.75) is 38.0 Å². The Morgan fingerprint density at radius 3 is 2.32 bits per heavy atom. The van der Waals surface area contributed by atoms with Gasteiger partial charge >= 0.3 is 12.1 Å². The highest BCUT2D eigenvalue weighted by atomic mass is 35.5. The van der Waals surface area contributed by atoms with E-state index in [9.17, 15) is 18.0 Å². The van der Waals surface area contributed by atoms with Crippen LogP contribution in [0.4, 0.5) is 13.2 Å². The fourth-order valence-electron chi connectivity index (χ4n) is 3.77. The lowest BCUT2D eigenvalue weighted by Gasteiger charge is -2.39. The van der Waals surface area contributed by atoms with Crippen LogP contribution >= 0.6 is 11.6 Å². The van der Waals surface area contributed by atoms with Crippen LogP contribution in [0.25, 0.3) is 0 Å². The molecule has 0 unspecified atom stereocenters. The van der Waals surface area contributed by atoms with Crippen molar-refractivity contribution in [3.63, 3.8) is 0 Å². The third kappa shape index (κ3) is 5.26. The number of halogens is 4. The molecule has 0 amide bonds. The molecular weight excluding hydrogens is 391 g/mol. The first-order valence-electron chi connectivity index (χ1n) is 9.10. The minimum absolute atomic E-state index is 0.00580. The summed E-state index contributed by atoms with van der Waals surface area (Å²) >= 11 is 5.94. The Kier molecular flexibility index (Phi) is 6.30. The first kappa shape index (κ1) is 20.7. The minimum atomic E-state index is -4.38. The third-order valence-corrected chi connectivity index (χ3v) is 5.46. The molecule has 150 valence electrons. The van der Waals surface area contributed by atoms with Crippen LogP contribution in [0.2, 0.25) is 5.02 Å². The average Bonchev–Trinajstić information content (AvgIpc) is 2.64. The summed E-state index contributed by atoms with van der Waals surface area (Å²) in [5.74, 6) is -0.839. The number of piperidine rings is 1. The van der Waals surface area contributed by atoms with Gasteiger partial charge in [-0.25, -0.2) is 0 Å². The largest absolute Gasteiger partial charge is 0.481 e. The topological polar surface area (TPSA) is 40.5 Å². The number of likely N-dealkylation sites (tertiary alicyclic amines) is 1. The van der Waals surface area contributed by atoms with Crippen LogP contribution in [0, 0.1) is 5.92 Å². The van der Waals surface area contributed by atoms with Crippen LogP contribution in [0.1, 0.15) is 42.0 Å². The Labute approximate surface area is 166 Å². The van der Waals surface area contributed by atoms with Crippen molar-refractivity contribution in [3.05, 3.63) is 70.2 Å². The number of carboxylic acids is 1. The number of carbonyl (C=O) groups is 1. The number of hydrogen-bond acceptors (Lipinski definition) is 2. The number of aliphatic carboxylic acids is 1. The second kappa shape index (κ2) is 8.53. The van der Waals surface area contributed by atoms with Crippen LogP contribution in [0.15, 0.2) is 48.5 Å². The molecule has 0 saturated carbocycles. The zero-order valence-corrected chi connectivity index (χ0v) is 15.9. The number of alkyl halides is 3. The molecule has 7 heteroatoms. The van der Waals surface area contributed by atoms with Crippen LogP contribution in [0.3, 0.4) is 0 Å². The fourth-order valence-corrected chi connectivity index (χ4v) is 3.90. The van der Waals surface area contributed by atoms with E-state index in [1.807, 2.05) is 12.1 Å². The molecule has 0 aromatic heterocycles. The lowest BCUT2D eigenvalue weighted by Crippen LogP contribution is -2.37. The molecule has 0 radical (unpaired) electrons. The molecular formula is C21H21ClF3NO2. The summed E-state index contributed by atoms with van der Waals surface area (Å²) in [5, 5.41) is 9.77. The number of benzene rings is 2. The van der Waals surface area contributed by atoms with Gasteiger partial charge in [0, 0.05) is 24.0 Å². The van der Waals surface area contributed by atoms with Gasteiger partial charge in [0.05, 0.1) is 5.56 Å². The van der Waals surface area contributed by atoms with Gasteiger partial charge < -0.3 is 5.11 Å². The van der Waals surface area contributed by atoms with Gasteiger partial charge in [0.15, 0.2) is 0 Å². The molecule has 2 aromatic rings. The summed E-state index contributed by atoms with van der Waals surface area (Å²) in [5.41, 5.74) is 1.15. The molecule has 28 heavy (non-hydrogen) atoms. The zero-order chi connectivity index (χ0) is 20.3. The molecule has 0 aliphatic carbocycles. The summed E-state index contributed by atoms with van der Waals surface area (Å²) in [6, 6.07) is 12.5. The van der Waals surface area contributed by atoms with E-state index in [0.717, 1.165) is 29.7 Å². The zero-order valence-electron chi connectivity index (χ0n) is 15.1. The molecule has 2 aromatic carbocycles. The van der Waals surface area contributed by atoms with Crippen LogP contribution in [-0.2, 0) is 17.5 Å². The standard InChI is InChI=1S/C21H21ClF3NO2/c22-18-7-1-14(2-8-18)13-26-10-9-15(12-20(27)28)11-19(26)16-3-5-17(6-4-16)21(23,24)25/h1-8,15,19H,9-13H2,(H,27,28)/t15-,19+/m0/s1. The van der Waals surface area contributed by atoms with Crippen molar-refractivity contribution in [3.8, 4) is 0 Å². The highest BCUT2D eigenvalue weighted by molar-refractivity contribution is 6.30. The SMILES string of the molecule is O=C(O)C[C@H]1CCN(Cc2ccc(Cl)cc2)[C@@H](c2ccc(C(F)(F)F)cc2)C1. The predicted octanol–water partition coefficient (Wildman–Crippen LogP) is 5.79. The van der Waals surface area contributed by atoms with E-state index in [0.29, 0.717) is 24.5 Å². The van der Waals surface area contributed by atoms with Gasteiger partial charge in [-0.05, 0) is 60.7 Å². The Balaban J connectivity index is 1.83. The van der Waals surface area contributed by atoms with Crippen molar-refractivity contribution >= 4 is 17.6 Å². The first-order valence-corrected chi connectivity index (χ1v) is 9.47. The van der Waals surface area contributed by atoms with E-state index in [2.05, 4.69) is 4.90 Å². The van der Waals surface area contributed by atoms with Crippen molar-refractivity contribution in [2.75, 3.05) is 6.54 Å². The number of rotatable bonds is 5. The summed E-state index contributed by atoms with van der Waals surface area (Å²) in [4.78, 5) is 13.3. The highest BCUT2D eigenvalue weighted by Gasteiger charge is 2.33. The second-order valence-electron chi connectivity index (χ2n) is 7.22. The Bertz CT molecular complexity index is 806. The molecule has 1 aliphatic heterocycles. The van der Waals surface area contributed by atoms with Gasteiger partial charge in [0.1, 0.15) is 0 Å². The summed E-state index contributed by atoms with van der Waals surface area (Å²) < 4.78 is 38.6. The maximum absolute atomic E-state index is 12.9. The molecule has 0 bridgehead atoms. The summed E-state index contributed by atoms with van der Waals surface area (Å²) in [7, 11) is 0. The predicted molar refractivity (Wildman–Crippen MR) is 101 cm³/mol. The van der Waals surface area contributed by atoms with Gasteiger partial charge in [-0.15, -0.1) is 0 Å². The normalized spacial score (nSPS) is 20.9. The number of hydrogen-bond donors (Lipinski definition) is 1. The maximum atomic E-state index is 12.9. The fraction of sp³-hybridized carbons (Fsp3) is 0.381. The van der Waals surface area contributed by atoms with Gasteiger partial charge in [-0.3, -0.25) is 9.69 Å². The second-order valence-corrected chi connectivity index (χ2v) is 7.66. The lowest BCUT2D eigenvalue weighted by molar-refractivity contribution is -0.139. The molecule has 1 heterocycles. The van der Waals surface area contributed by atoms with E-state index >= 15 is 0 Å². The Morgan fingerprint density at radius 1 is 1.11 bits per heavy atom. The van der Waals surface area contributed by atoms with Crippen molar-refractivity contribution < 1.29 is 23.1 Å². The molecule has 1 fully saturated rings. The van der Waals surface area contributed by atoms with Gasteiger partial charge in [0.2, 0.25) is 0 Å². The summed E-state index contributed by atoms with van der Waals surface area (Å²) in [6.07, 6.45) is -2.95. The molecule has 1 aliphatic rings. The van der Waals surface area contributed by atoms with Gasteiger partial charge in [-0.1, -0.05) is 35.9 Å². The lowest BCUT2D eigenvalue weighted by atomic mass is 9.84. The smallest absolute Gasteiger partial charge is 0.416 e. The highest BCUT2D eigenvalue weighted by Crippen LogP contribution is 2.38. The van der Waals surface area contributed by atoms with E-state index in [4.69, 9.17) is 16.7 Å². The van der Waals surface area contributed by atoms with Gasteiger partial charge in [-0.2, -0.15) is 13.2 Å². The van der Waals surface area contributed by atoms with Crippen molar-refractivity contribution in [1.82, 2.24) is 4.90 Å². The molecule has 1 N–H and O–H groups in total. The van der Waals surface area contributed by atoms with E-state index < -0.39 is 17.7 Å². The third-order valence-electron chi connectivity index (χ3n) is 5.21. The maximum Gasteiger partial charge on any atom is 0.416 e. The first-order chi connectivity index (χ1) is 13.2. The molecule has 3 nitrogen and oxygen atoms in total. The Hall–Kier alpha value is -2.05. The van der Waals surface area contributed by atoms with Crippen LogP contribution in [-0.4, -0.2) is 22.5 Å². The number of carboxylic acid groups (broad SMARTS) is 1. The molecule has 3 rings (SSSR count). The van der Waals surface area contributed by atoms with Crippen LogP contribution < -0.4 is 0 Å². The van der Waals surface area contributed by atoms with E-state index in [-0.39, 0.29) is 18.4 Å². The van der Waals surface area contributed by atoms with Gasteiger partial charge in [0.25, 0.3) is 0 Å². The molecule has 0 spiro atoms. The molecule has 1 saturated heterocycles. The van der Waals surface area contributed by atoms with Crippen LogP contribution in [0.5, 0.6) is 0 Å². The number of nitrogens with zero attached hydrogens (tertiary/aromatic N) is 1. The van der Waals surface area contributed by atoms with E-state index in [1.165, 1.54) is 12.1 Å². The minimum Gasteiger partial charge on any atom is -0.481 e. The quantitative estimate of drug-likeness (QED) is 0.677. The Morgan fingerprint density at radius 2 is 1.75 bits per heavy atom. The van der Waals surface area contributed by atoms with E-state index in [1.54, 1.807) is 12.1 Å². The summed E-state index contributed by atoms with van der Waals surface area (Å²) in [6.45, 7) is 1.31. The van der Waals surface area contributed by atoms with Crippen molar-refractivity contribution in [1.29, 1.82) is 0 Å². The molecule has 2 atom stereocenters. The monoisotopic (exact) mass is 411 g/mol. The average molecular weight is 412 g/mol.